The Bertz CT molecular complexity index is 889. The first-order chi connectivity index (χ1) is 11.7. The van der Waals surface area contributed by atoms with Crippen LogP contribution in [0.3, 0.4) is 0 Å². The van der Waals surface area contributed by atoms with Crippen molar-refractivity contribution in [1.29, 1.82) is 0 Å². The number of likely N-dealkylation sites (tertiary alicyclic amines) is 1. The van der Waals surface area contributed by atoms with Gasteiger partial charge in [0.2, 0.25) is 11.7 Å². The highest BCUT2D eigenvalue weighted by molar-refractivity contribution is 5.73. The second-order valence-electron chi connectivity index (χ2n) is 6.07. The lowest BCUT2D eigenvalue weighted by molar-refractivity contribution is -0.130. The third-order valence-corrected chi connectivity index (χ3v) is 4.49. The minimum Gasteiger partial charge on any atom is -0.342 e. The van der Waals surface area contributed by atoms with E-state index in [1.807, 2.05) is 21.6 Å². The van der Waals surface area contributed by atoms with Crippen LogP contribution in [0.5, 0.6) is 0 Å². The summed E-state index contributed by atoms with van der Waals surface area (Å²) in [7, 11) is 0. The number of piperidine rings is 1. The van der Waals surface area contributed by atoms with Gasteiger partial charge in [0.1, 0.15) is 5.69 Å². The maximum atomic E-state index is 11.6. The number of carbonyl (C=O) groups is 1. The van der Waals surface area contributed by atoms with Crippen molar-refractivity contribution < 1.29 is 4.79 Å². The molecule has 122 valence electrons. The van der Waals surface area contributed by atoms with E-state index >= 15 is 0 Å². The molecule has 1 atom stereocenters. The Labute approximate surface area is 139 Å². The van der Waals surface area contributed by atoms with Gasteiger partial charge in [0.25, 0.3) is 0 Å². The van der Waals surface area contributed by atoms with Crippen molar-refractivity contribution in [3.8, 4) is 11.4 Å². The van der Waals surface area contributed by atoms with Gasteiger partial charge in [-0.2, -0.15) is 0 Å². The Morgan fingerprint density at radius 2 is 2.17 bits per heavy atom. The molecule has 0 aliphatic carbocycles. The van der Waals surface area contributed by atoms with Crippen molar-refractivity contribution in [3.05, 3.63) is 42.7 Å². The van der Waals surface area contributed by atoms with Crippen LogP contribution in [0.25, 0.3) is 17.2 Å². The van der Waals surface area contributed by atoms with Gasteiger partial charge in [-0.05, 0) is 18.9 Å². The number of hydrogen-bond acceptors (Lipinski definition) is 5. The zero-order valence-corrected chi connectivity index (χ0v) is 13.5. The molecule has 0 N–H and O–H groups in total. The summed E-state index contributed by atoms with van der Waals surface area (Å²) in [4.78, 5) is 31.2. The quantitative estimate of drug-likeness (QED) is 0.720. The van der Waals surface area contributed by atoms with Crippen LogP contribution in [-0.4, -0.2) is 48.2 Å². The highest BCUT2D eigenvalue weighted by Crippen LogP contribution is 2.27. The fraction of sp³-hybridized carbons (Fsp3) is 0.353. The molecule has 24 heavy (non-hydrogen) atoms. The maximum Gasteiger partial charge on any atom is 0.234 e. The molecule has 1 aliphatic heterocycles. The summed E-state index contributed by atoms with van der Waals surface area (Å²) in [5.41, 5.74) is 2.57. The van der Waals surface area contributed by atoms with Crippen molar-refractivity contribution in [1.82, 2.24) is 29.2 Å². The molecule has 1 amide bonds. The summed E-state index contributed by atoms with van der Waals surface area (Å²) in [6.07, 6.45) is 11.0. The van der Waals surface area contributed by atoms with Crippen LogP contribution in [0.2, 0.25) is 0 Å². The van der Waals surface area contributed by atoms with Crippen LogP contribution in [-0.2, 0) is 4.79 Å². The van der Waals surface area contributed by atoms with E-state index in [1.54, 1.807) is 31.7 Å². The molecule has 7 nitrogen and oxygen atoms in total. The van der Waals surface area contributed by atoms with Crippen LogP contribution >= 0.6 is 0 Å². The van der Waals surface area contributed by atoms with E-state index in [1.165, 1.54) is 0 Å². The summed E-state index contributed by atoms with van der Waals surface area (Å²) in [6.45, 7) is 3.16. The summed E-state index contributed by atoms with van der Waals surface area (Å²) in [5, 5.41) is 0. The van der Waals surface area contributed by atoms with Crippen molar-refractivity contribution in [2.24, 2.45) is 0 Å². The summed E-state index contributed by atoms with van der Waals surface area (Å²) in [6, 6.07) is 1.86. The molecule has 0 aromatic carbocycles. The number of rotatable bonds is 2. The third-order valence-electron chi connectivity index (χ3n) is 4.49. The number of hydrogen-bond donors (Lipinski definition) is 0. The first-order valence-electron chi connectivity index (χ1n) is 8.08. The van der Waals surface area contributed by atoms with Gasteiger partial charge in [-0.3, -0.25) is 14.2 Å². The number of aromatic nitrogens is 5. The van der Waals surface area contributed by atoms with E-state index < -0.39 is 0 Å². The van der Waals surface area contributed by atoms with Crippen molar-refractivity contribution >= 4 is 11.7 Å². The number of fused-ring (bicyclic) bond motifs is 1. The van der Waals surface area contributed by atoms with Gasteiger partial charge in [-0.15, -0.1) is 0 Å². The fourth-order valence-corrected chi connectivity index (χ4v) is 3.22. The minimum absolute atomic E-state index is 0.122. The Hall–Kier alpha value is -2.83. The van der Waals surface area contributed by atoms with Gasteiger partial charge in [-0.1, -0.05) is 0 Å². The van der Waals surface area contributed by atoms with Gasteiger partial charge in [-0.25, -0.2) is 15.0 Å². The van der Waals surface area contributed by atoms with E-state index in [0.29, 0.717) is 12.3 Å². The lowest BCUT2D eigenvalue weighted by Crippen LogP contribution is -2.37. The van der Waals surface area contributed by atoms with E-state index in [-0.39, 0.29) is 11.8 Å². The van der Waals surface area contributed by atoms with Gasteiger partial charge >= 0.3 is 0 Å². The van der Waals surface area contributed by atoms with Crippen LogP contribution < -0.4 is 0 Å². The Morgan fingerprint density at radius 3 is 3.04 bits per heavy atom. The molecular formula is C17H18N6O. The van der Waals surface area contributed by atoms with Crippen LogP contribution in [0.15, 0.2) is 37.1 Å². The number of imidazole rings is 1. The molecule has 0 radical (unpaired) electrons. The van der Waals surface area contributed by atoms with Crippen LogP contribution in [0.4, 0.5) is 0 Å². The molecule has 0 unspecified atom stereocenters. The van der Waals surface area contributed by atoms with Gasteiger partial charge < -0.3 is 4.90 Å². The summed E-state index contributed by atoms with van der Waals surface area (Å²) >= 11 is 0. The molecule has 1 fully saturated rings. The van der Waals surface area contributed by atoms with Gasteiger partial charge in [0.15, 0.2) is 0 Å². The fourth-order valence-electron chi connectivity index (χ4n) is 3.22. The number of nitrogens with zero attached hydrogens (tertiary/aromatic N) is 6. The standard InChI is InChI=1S/C17H18N6O/c1-12(24)22-6-2-4-13(11-22)14-8-18-9-15(21-14)16-10-20-17-19-5-3-7-23(16)17/h3,5,7-10,13H,2,4,6,11H2,1H3/t13-/m1/s1. The average molecular weight is 322 g/mol. The maximum absolute atomic E-state index is 11.6. The Kier molecular flexibility index (Phi) is 3.68. The minimum atomic E-state index is 0.122. The lowest BCUT2D eigenvalue weighted by atomic mass is 9.95. The molecule has 3 aromatic rings. The second kappa shape index (κ2) is 5.99. The lowest BCUT2D eigenvalue weighted by Gasteiger charge is -2.31. The molecule has 1 saturated heterocycles. The highest BCUT2D eigenvalue weighted by Gasteiger charge is 2.24. The SMILES string of the molecule is CC(=O)N1CCC[C@@H](c2cncc(-c3cnc4ncccn34)n2)C1. The molecule has 4 rings (SSSR count). The predicted molar refractivity (Wildman–Crippen MR) is 88.2 cm³/mol. The molecular weight excluding hydrogens is 304 g/mol. The first kappa shape index (κ1) is 14.7. The zero-order valence-electron chi connectivity index (χ0n) is 13.5. The topological polar surface area (TPSA) is 76.3 Å². The zero-order chi connectivity index (χ0) is 16.5. The molecule has 0 bridgehead atoms. The van der Waals surface area contributed by atoms with E-state index in [4.69, 9.17) is 4.98 Å². The molecule has 7 heteroatoms. The molecule has 4 heterocycles. The van der Waals surface area contributed by atoms with Crippen LogP contribution in [0, 0.1) is 0 Å². The number of amides is 1. The number of carbonyl (C=O) groups excluding carboxylic acids is 1. The van der Waals surface area contributed by atoms with Crippen molar-refractivity contribution in [2.75, 3.05) is 13.1 Å². The summed E-state index contributed by atoms with van der Waals surface area (Å²) < 4.78 is 1.90. The predicted octanol–water partition coefficient (Wildman–Crippen LogP) is 1.91. The van der Waals surface area contributed by atoms with Gasteiger partial charge in [0.05, 0.1) is 23.8 Å². The van der Waals surface area contributed by atoms with E-state index in [2.05, 4.69) is 15.0 Å². The van der Waals surface area contributed by atoms with Gasteiger partial charge in [0, 0.05) is 44.5 Å². The normalized spacial score (nSPS) is 18.0. The highest BCUT2D eigenvalue weighted by atomic mass is 16.2. The van der Waals surface area contributed by atoms with E-state index in [0.717, 1.165) is 36.5 Å². The molecule has 3 aromatic heterocycles. The summed E-state index contributed by atoms with van der Waals surface area (Å²) in [5.74, 6) is 0.990. The smallest absolute Gasteiger partial charge is 0.234 e. The van der Waals surface area contributed by atoms with Crippen LogP contribution in [0.1, 0.15) is 31.4 Å². The third kappa shape index (κ3) is 2.62. The molecule has 0 spiro atoms. The Balaban J connectivity index is 1.68. The Morgan fingerprint density at radius 1 is 1.25 bits per heavy atom. The molecule has 0 saturated carbocycles. The van der Waals surface area contributed by atoms with Crippen molar-refractivity contribution in [3.63, 3.8) is 0 Å². The first-order valence-corrected chi connectivity index (χ1v) is 8.08. The average Bonchev–Trinajstić information content (AvgIpc) is 3.06. The second-order valence-corrected chi connectivity index (χ2v) is 6.07. The molecule has 1 aliphatic rings. The van der Waals surface area contributed by atoms with E-state index in [9.17, 15) is 4.79 Å². The van der Waals surface area contributed by atoms with Crippen molar-refractivity contribution in [2.45, 2.75) is 25.7 Å². The largest absolute Gasteiger partial charge is 0.342 e. The monoisotopic (exact) mass is 322 g/mol.